The molecule has 0 amide bonds. The molecule has 1 fully saturated rings. The number of rotatable bonds is 4. The summed E-state index contributed by atoms with van der Waals surface area (Å²) < 4.78 is 5.03. The number of hydrogen-bond acceptors (Lipinski definition) is 7. The van der Waals surface area contributed by atoms with Gasteiger partial charge in [-0.1, -0.05) is 0 Å². The van der Waals surface area contributed by atoms with Gasteiger partial charge in [0, 0.05) is 5.92 Å². The van der Waals surface area contributed by atoms with Crippen LogP contribution in [0.2, 0.25) is 0 Å². The van der Waals surface area contributed by atoms with E-state index in [0.29, 0.717) is 0 Å². The molecule has 0 aromatic carbocycles. The van der Waals surface area contributed by atoms with Gasteiger partial charge in [-0.05, 0) is 13.3 Å². The van der Waals surface area contributed by atoms with E-state index in [2.05, 4.69) is 0 Å². The second-order valence-corrected chi connectivity index (χ2v) is 3.79. The van der Waals surface area contributed by atoms with Crippen LogP contribution in [0.4, 0.5) is 0 Å². The van der Waals surface area contributed by atoms with Crippen LogP contribution in [0.1, 0.15) is 13.3 Å². The molecule has 0 spiro atoms. The minimum absolute atomic E-state index is 0.493. The van der Waals surface area contributed by atoms with Crippen molar-refractivity contribution in [3.8, 4) is 0 Å². The highest BCUT2D eigenvalue weighted by Crippen LogP contribution is 2.25. The molecule has 1 heterocycles. The van der Waals surface area contributed by atoms with Crippen LogP contribution in [-0.2, 0) is 14.3 Å². The molecule has 0 aromatic heterocycles. The Bertz CT molecular complexity index is 276. The molecule has 0 aromatic rings. The van der Waals surface area contributed by atoms with Gasteiger partial charge in [-0.15, -0.1) is 0 Å². The van der Waals surface area contributed by atoms with Crippen LogP contribution in [0, 0.1) is 5.92 Å². The predicted molar refractivity (Wildman–Crippen MR) is 44.5 cm³/mol. The highest BCUT2D eigenvalue weighted by molar-refractivity contribution is 5.90. The van der Waals surface area contributed by atoms with Gasteiger partial charge in [0.05, 0.1) is 24.1 Å². The van der Waals surface area contributed by atoms with Crippen molar-refractivity contribution in [3.63, 3.8) is 0 Å². The fraction of sp³-hybridized carbons (Fsp3) is 0.778. The van der Waals surface area contributed by atoms with Crippen LogP contribution in [0.15, 0.2) is 0 Å². The van der Waals surface area contributed by atoms with E-state index in [-0.39, 0.29) is 0 Å². The molecule has 16 heavy (non-hydrogen) atoms. The van der Waals surface area contributed by atoms with Crippen LogP contribution < -0.4 is 10.2 Å². The molecule has 0 radical (unpaired) electrons. The zero-order valence-corrected chi connectivity index (χ0v) is 8.53. The molecule has 0 saturated carbocycles. The van der Waals surface area contributed by atoms with Crippen LogP contribution in [0.5, 0.6) is 0 Å². The number of carbonyl (C=O) groups excluding carboxylic acids is 2. The van der Waals surface area contributed by atoms with Gasteiger partial charge in [0.1, 0.15) is 12.2 Å². The quantitative estimate of drug-likeness (QED) is 0.472. The van der Waals surface area contributed by atoms with Crippen molar-refractivity contribution >= 4 is 11.9 Å². The molecule has 1 unspecified atom stereocenters. The maximum atomic E-state index is 10.5. The topological polar surface area (TPSA) is 130 Å². The lowest BCUT2D eigenvalue weighted by atomic mass is 9.97. The van der Waals surface area contributed by atoms with Gasteiger partial charge in [0.25, 0.3) is 0 Å². The van der Waals surface area contributed by atoms with Crippen molar-refractivity contribution in [3.05, 3.63) is 0 Å². The minimum atomic E-state index is -1.86. The molecule has 1 saturated heterocycles. The zero-order chi connectivity index (χ0) is 12.5. The van der Waals surface area contributed by atoms with Gasteiger partial charge in [-0.3, -0.25) is 0 Å². The van der Waals surface area contributed by atoms with E-state index in [1.54, 1.807) is 0 Å². The number of hydrogen-bond donors (Lipinski definition) is 2. The summed E-state index contributed by atoms with van der Waals surface area (Å²) in [6, 6.07) is 0. The summed E-state index contributed by atoms with van der Waals surface area (Å²) in [6.07, 6.45) is -4.69. The van der Waals surface area contributed by atoms with Gasteiger partial charge in [0.15, 0.2) is 0 Å². The number of aliphatic carboxylic acids is 2. The van der Waals surface area contributed by atoms with E-state index in [9.17, 15) is 30.0 Å². The molecule has 1 aliphatic heterocycles. The molecule has 1 aliphatic rings. The zero-order valence-electron chi connectivity index (χ0n) is 8.53. The third-order valence-electron chi connectivity index (χ3n) is 2.64. The summed E-state index contributed by atoms with van der Waals surface area (Å²) >= 11 is 0. The summed E-state index contributed by atoms with van der Waals surface area (Å²) in [5, 5.41) is 39.7. The first-order valence-electron chi connectivity index (χ1n) is 4.78. The van der Waals surface area contributed by atoms with Gasteiger partial charge >= 0.3 is 0 Å². The van der Waals surface area contributed by atoms with E-state index < -0.39 is 48.7 Å². The minimum Gasteiger partial charge on any atom is -0.549 e. The van der Waals surface area contributed by atoms with E-state index in [0.717, 1.165) is 0 Å². The molecule has 0 bridgehead atoms. The SMILES string of the molecule is C[C@@H]1O[C@H](CC(C(=O)[O-])C(=O)[O-])C(O)[C@@H]1O. The lowest BCUT2D eigenvalue weighted by Gasteiger charge is -2.23. The van der Waals surface area contributed by atoms with E-state index in [1.165, 1.54) is 6.92 Å². The molecule has 2 N–H and O–H groups in total. The highest BCUT2D eigenvalue weighted by atomic mass is 16.5. The lowest BCUT2D eigenvalue weighted by Crippen LogP contribution is -2.46. The Morgan fingerprint density at radius 2 is 1.75 bits per heavy atom. The van der Waals surface area contributed by atoms with E-state index in [4.69, 9.17) is 4.74 Å². The lowest BCUT2D eigenvalue weighted by molar-refractivity contribution is -0.332. The second kappa shape index (κ2) is 4.77. The Labute approximate surface area is 91.3 Å². The largest absolute Gasteiger partial charge is 0.549 e. The van der Waals surface area contributed by atoms with Gasteiger partial charge < -0.3 is 34.8 Å². The molecule has 92 valence electrons. The van der Waals surface area contributed by atoms with Crippen molar-refractivity contribution in [2.75, 3.05) is 0 Å². The van der Waals surface area contributed by atoms with Crippen LogP contribution in [0.3, 0.4) is 0 Å². The Hall–Kier alpha value is -1.18. The number of carboxylic acids is 2. The Balaban J connectivity index is 2.66. The van der Waals surface area contributed by atoms with Crippen LogP contribution >= 0.6 is 0 Å². The van der Waals surface area contributed by atoms with Gasteiger partial charge in [-0.2, -0.15) is 0 Å². The van der Waals surface area contributed by atoms with E-state index in [1.807, 2.05) is 0 Å². The summed E-state index contributed by atoms with van der Waals surface area (Å²) in [5.74, 6) is -5.47. The molecule has 7 nitrogen and oxygen atoms in total. The van der Waals surface area contributed by atoms with Crippen molar-refractivity contribution < 1.29 is 34.8 Å². The first-order valence-corrected chi connectivity index (χ1v) is 4.78. The third kappa shape index (κ3) is 2.49. The van der Waals surface area contributed by atoms with Gasteiger partial charge in [0.2, 0.25) is 0 Å². The molecule has 7 heteroatoms. The summed E-state index contributed by atoms with van der Waals surface area (Å²) in [4.78, 5) is 20.9. The average Bonchev–Trinajstić information content (AvgIpc) is 2.41. The first-order chi connectivity index (χ1) is 7.34. The number of carboxylic acid groups (broad SMARTS) is 2. The van der Waals surface area contributed by atoms with E-state index >= 15 is 0 Å². The summed E-state index contributed by atoms with van der Waals surface area (Å²) in [7, 11) is 0. The Morgan fingerprint density at radius 1 is 1.25 bits per heavy atom. The molecule has 4 atom stereocenters. The second-order valence-electron chi connectivity index (χ2n) is 3.79. The number of aliphatic hydroxyl groups is 2. The molecular formula is C9H12O7-2. The maximum Gasteiger partial charge on any atom is 0.109 e. The highest BCUT2D eigenvalue weighted by Gasteiger charge is 2.41. The van der Waals surface area contributed by atoms with Crippen LogP contribution in [-0.4, -0.2) is 46.6 Å². The summed E-state index contributed by atoms with van der Waals surface area (Å²) in [5.41, 5.74) is 0. The summed E-state index contributed by atoms with van der Waals surface area (Å²) in [6.45, 7) is 1.49. The molecule has 0 aliphatic carbocycles. The van der Waals surface area contributed by atoms with Crippen LogP contribution in [0.25, 0.3) is 0 Å². The standard InChI is InChI=1S/C9H14O7/c1-3-6(10)7(11)5(16-3)2-4(8(12)13)9(14)15/h3-7,10-11H,2H2,1H3,(H,12,13)(H,14,15)/p-2/t3-,5+,6+,7?/m0/s1. The smallest absolute Gasteiger partial charge is 0.109 e. The average molecular weight is 232 g/mol. The van der Waals surface area contributed by atoms with Crippen molar-refractivity contribution in [1.29, 1.82) is 0 Å². The first kappa shape index (κ1) is 12.9. The Morgan fingerprint density at radius 3 is 2.06 bits per heavy atom. The fourth-order valence-electron chi connectivity index (χ4n) is 1.65. The molecule has 1 rings (SSSR count). The van der Waals surface area contributed by atoms with Gasteiger partial charge in [-0.25, -0.2) is 0 Å². The van der Waals surface area contributed by atoms with Crippen molar-refractivity contribution in [1.82, 2.24) is 0 Å². The normalized spacial score (nSPS) is 34.2. The number of ether oxygens (including phenoxy) is 1. The maximum absolute atomic E-state index is 10.5. The fourth-order valence-corrected chi connectivity index (χ4v) is 1.65. The third-order valence-corrected chi connectivity index (χ3v) is 2.64. The molecular weight excluding hydrogens is 220 g/mol. The van der Waals surface area contributed by atoms with Crippen molar-refractivity contribution in [2.24, 2.45) is 5.92 Å². The van der Waals surface area contributed by atoms with Crippen molar-refractivity contribution in [2.45, 2.75) is 37.8 Å². The Kier molecular flexibility index (Phi) is 3.84. The predicted octanol–water partition coefficient (Wildman–Crippen LogP) is -4.00. The number of carbonyl (C=O) groups is 2. The number of aliphatic hydroxyl groups excluding tert-OH is 2. The monoisotopic (exact) mass is 232 g/mol.